The van der Waals surface area contributed by atoms with Crippen molar-refractivity contribution in [3.05, 3.63) is 29.8 Å². The van der Waals surface area contributed by atoms with Crippen LogP contribution in [0.1, 0.15) is 37.0 Å². The van der Waals surface area contributed by atoms with Gasteiger partial charge in [0.05, 0.1) is 7.11 Å². The second kappa shape index (κ2) is 6.43. The molecule has 1 aliphatic rings. The van der Waals surface area contributed by atoms with Crippen molar-refractivity contribution in [1.82, 2.24) is 5.01 Å². The molecule has 1 atom stereocenters. The Labute approximate surface area is 137 Å². The molecule has 0 fully saturated rings. The van der Waals surface area contributed by atoms with E-state index < -0.39 is 24.2 Å². The molecule has 1 amide bonds. The minimum atomic E-state index is -5.02. The molecule has 2 rings (SSSR count). The summed E-state index contributed by atoms with van der Waals surface area (Å²) < 4.78 is 45.1. The summed E-state index contributed by atoms with van der Waals surface area (Å²) in [6.45, 7) is 3.64. The number of hydrogen-bond acceptors (Lipinski definition) is 4. The third-order valence-corrected chi connectivity index (χ3v) is 3.65. The van der Waals surface area contributed by atoms with Gasteiger partial charge in [-0.15, -0.1) is 0 Å². The van der Waals surface area contributed by atoms with E-state index in [0.717, 1.165) is 0 Å². The summed E-state index contributed by atoms with van der Waals surface area (Å²) in [5, 5.41) is 14.1. The Morgan fingerprint density at radius 1 is 1.46 bits per heavy atom. The summed E-state index contributed by atoms with van der Waals surface area (Å²) in [6, 6.07) is 5.68. The molecule has 0 radical (unpaired) electrons. The lowest BCUT2D eigenvalue weighted by Gasteiger charge is -2.32. The zero-order chi connectivity index (χ0) is 18.1. The van der Waals surface area contributed by atoms with Gasteiger partial charge >= 0.3 is 6.18 Å². The fourth-order valence-electron chi connectivity index (χ4n) is 2.52. The second-order valence-electron chi connectivity index (χ2n) is 6.10. The molecule has 1 N–H and O–H groups in total. The SMILES string of the molecule is COc1cccc(C(=O)N2N=C(CC(C)C)C[C@@]2(O)C(F)(F)F)c1. The van der Waals surface area contributed by atoms with Gasteiger partial charge in [-0.1, -0.05) is 19.9 Å². The average molecular weight is 344 g/mol. The predicted octanol–water partition coefficient (Wildman–Crippen LogP) is 3.19. The number of rotatable bonds is 4. The molecule has 0 bridgehead atoms. The maximum Gasteiger partial charge on any atom is 0.438 e. The highest BCUT2D eigenvalue weighted by molar-refractivity contribution is 5.98. The normalized spacial score (nSPS) is 21.2. The summed E-state index contributed by atoms with van der Waals surface area (Å²) in [7, 11) is 1.38. The van der Waals surface area contributed by atoms with E-state index in [-0.39, 0.29) is 28.6 Å². The van der Waals surface area contributed by atoms with E-state index in [2.05, 4.69) is 5.10 Å². The highest BCUT2D eigenvalue weighted by atomic mass is 19.4. The summed E-state index contributed by atoms with van der Waals surface area (Å²) in [5.41, 5.74) is -3.25. The lowest BCUT2D eigenvalue weighted by Crippen LogP contribution is -2.56. The lowest BCUT2D eigenvalue weighted by molar-refractivity contribution is -0.297. The van der Waals surface area contributed by atoms with Crippen LogP contribution in [0.2, 0.25) is 0 Å². The molecule has 0 saturated carbocycles. The summed E-state index contributed by atoms with van der Waals surface area (Å²) in [4.78, 5) is 12.5. The number of hydrazone groups is 1. The number of halogens is 3. The summed E-state index contributed by atoms with van der Waals surface area (Å²) in [5.74, 6) is -0.664. The van der Waals surface area contributed by atoms with Gasteiger partial charge in [0.25, 0.3) is 11.6 Å². The Hall–Kier alpha value is -2.09. The molecule has 5 nitrogen and oxygen atoms in total. The van der Waals surface area contributed by atoms with Crippen LogP contribution >= 0.6 is 0 Å². The quantitative estimate of drug-likeness (QED) is 0.912. The highest BCUT2D eigenvalue weighted by Crippen LogP contribution is 2.41. The minimum absolute atomic E-state index is 0.0492. The molecule has 132 valence electrons. The molecule has 8 heteroatoms. The van der Waals surface area contributed by atoms with Crippen LogP contribution in [-0.2, 0) is 0 Å². The number of carbonyl (C=O) groups excluding carboxylic acids is 1. The van der Waals surface area contributed by atoms with Gasteiger partial charge in [-0.25, -0.2) is 0 Å². The van der Waals surface area contributed by atoms with Crippen molar-refractivity contribution in [2.45, 2.75) is 38.6 Å². The van der Waals surface area contributed by atoms with Crippen LogP contribution in [0, 0.1) is 5.92 Å². The van der Waals surface area contributed by atoms with Gasteiger partial charge in [0.1, 0.15) is 5.75 Å². The first-order valence-electron chi connectivity index (χ1n) is 7.42. The summed E-state index contributed by atoms with van der Waals surface area (Å²) >= 11 is 0. The fourth-order valence-corrected chi connectivity index (χ4v) is 2.52. The predicted molar refractivity (Wildman–Crippen MR) is 81.7 cm³/mol. The number of benzene rings is 1. The Morgan fingerprint density at radius 2 is 2.12 bits per heavy atom. The molecule has 1 heterocycles. The van der Waals surface area contributed by atoms with Gasteiger partial charge in [-0.3, -0.25) is 4.79 Å². The van der Waals surface area contributed by atoms with Gasteiger partial charge in [0, 0.05) is 17.7 Å². The van der Waals surface area contributed by atoms with Gasteiger partial charge in [-0.2, -0.15) is 23.3 Å². The molecule has 1 aliphatic heterocycles. The van der Waals surface area contributed by atoms with E-state index in [0.29, 0.717) is 5.75 Å². The third-order valence-electron chi connectivity index (χ3n) is 3.65. The maximum absolute atomic E-state index is 13.4. The van der Waals surface area contributed by atoms with Crippen LogP contribution in [0.15, 0.2) is 29.4 Å². The molecule has 24 heavy (non-hydrogen) atoms. The monoisotopic (exact) mass is 344 g/mol. The van der Waals surface area contributed by atoms with Gasteiger partial charge in [0.2, 0.25) is 0 Å². The first kappa shape index (κ1) is 18.3. The van der Waals surface area contributed by atoms with Crippen LogP contribution in [-0.4, -0.2) is 40.7 Å². The molecule has 0 saturated heterocycles. The standard InChI is InChI=1S/C16H19F3N2O3/c1-10(2)7-12-9-15(23,16(17,18)19)21(20-12)14(22)11-5-4-6-13(8-11)24-3/h4-6,8,10,23H,7,9H2,1-3H3/t15-/m1/s1. The van der Waals surface area contributed by atoms with Crippen molar-refractivity contribution in [3.63, 3.8) is 0 Å². The Kier molecular flexibility index (Phi) is 4.89. The lowest BCUT2D eigenvalue weighted by atomic mass is 9.99. The Balaban J connectivity index is 2.41. The number of ether oxygens (including phenoxy) is 1. The van der Waals surface area contributed by atoms with Gasteiger partial charge < -0.3 is 9.84 Å². The number of alkyl halides is 3. The smallest absolute Gasteiger partial charge is 0.438 e. The van der Waals surface area contributed by atoms with Crippen LogP contribution in [0.3, 0.4) is 0 Å². The van der Waals surface area contributed by atoms with E-state index in [4.69, 9.17) is 4.74 Å². The first-order valence-corrected chi connectivity index (χ1v) is 7.42. The van der Waals surface area contributed by atoms with Crippen molar-refractivity contribution >= 4 is 11.6 Å². The molecular formula is C16H19F3N2O3. The third kappa shape index (κ3) is 3.38. The van der Waals surface area contributed by atoms with E-state index >= 15 is 0 Å². The zero-order valence-corrected chi connectivity index (χ0v) is 13.6. The molecule has 1 aromatic carbocycles. The van der Waals surface area contributed by atoms with Gasteiger partial charge in [0.15, 0.2) is 0 Å². The van der Waals surface area contributed by atoms with E-state index in [9.17, 15) is 23.1 Å². The number of nitrogens with zero attached hydrogens (tertiary/aromatic N) is 2. The van der Waals surface area contributed by atoms with E-state index in [1.165, 1.54) is 25.3 Å². The van der Waals surface area contributed by atoms with Crippen molar-refractivity contribution in [1.29, 1.82) is 0 Å². The molecule has 0 spiro atoms. The summed E-state index contributed by atoms with van der Waals surface area (Å²) in [6.07, 6.45) is -5.51. The Bertz CT molecular complexity index is 658. The van der Waals surface area contributed by atoms with E-state index in [1.807, 2.05) is 13.8 Å². The number of amides is 1. The average Bonchev–Trinajstić information content (AvgIpc) is 2.83. The number of carbonyl (C=O) groups is 1. The minimum Gasteiger partial charge on any atom is -0.497 e. The number of aliphatic hydroxyl groups is 1. The molecule has 0 aromatic heterocycles. The molecule has 0 aliphatic carbocycles. The van der Waals surface area contributed by atoms with Crippen molar-refractivity contribution in [2.75, 3.05) is 7.11 Å². The van der Waals surface area contributed by atoms with Crippen molar-refractivity contribution < 1.29 is 27.8 Å². The molecule has 0 unspecified atom stereocenters. The topological polar surface area (TPSA) is 62.1 Å². The fraction of sp³-hybridized carbons (Fsp3) is 0.500. The maximum atomic E-state index is 13.4. The second-order valence-corrected chi connectivity index (χ2v) is 6.10. The van der Waals surface area contributed by atoms with Gasteiger partial charge in [-0.05, 0) is 30.5 Å². The van der Waals surface area contributed by atoms with Crippen LogP contribution in [0.4, 0.5) is 13.2 Å². The zero-order valence-electron chi connectivity index (χ0n) is 13.6. The Morgan fingerprint density at radius 3 is 2.67 bits per heavy atom. The highest BCUT2D eigenvalue weighted by Gasteiger charge is 2.63. The first-order chi connectivity index (χ1) is 11.1. The van der Waals surface area contributed by atoms with E-state index in [1.54, 1.807) is 6.07 Å². The molecular weight excluding hydrogens is 325 g/mol. The number of hydrogen-bond donors (Lipinski definition) is 1. The van der Waals surface area contributed by atoms with Crippen LogP contribution in [0.5, 0.6) is 5.75 Å². The van der Waals surface area contributed by atoms with Crippen LogP contribution < -0.4 is 4.74 Å². The molecule has 1 aromatic rings. The largest absolute Gasteiger partial charge is 0.497 e. The van der Waals surface area contributed by atoms with Crippen LogP contribution in [0.25, 0.3) is 0 Å². The van der Waals surface area contributed by atoms with Crippen molar-refractivity contribution in [2.24, 2.45) is 11.0 Å². The number of methoxy groups -OCH3 is 1. The van der Waals surface area contributed by atoms with Crippen molar-refractivity contribution in [3.8, 4) is 5.75 Å².